The Morgan fingerprint density at radius 1 is 1.10 bits per heavy atom. The highest BCUT2D eigenvalue weighted by Gasteiger charge is 2.35. The van der Waals surface area contributed by atoms with Crippen molar-refractivity contribution in [3.63, 3.8) is 0 Å². The molecule has 1 N–H and O–H groups in total. The summed E-state index contributed by atoms with van der Waals surface area (Å²) < 4.78 is 56.4. The topological polar surface area (TPSA) is 41.1 Å². The molecule has 1 saturated heterocycles. The van der Waals surface area contributed by atoms with Gasteiger partial charge in [0, 0.05) is 24.0 Å². The van der Waals surface area contributed by atoms with Gasteiger partial charge in [-0.1, -0.05) is 24.3 Å². The van der Waals surface area contributed by atoms with E-state index in [0.717, 1.165) is 6.07 Å². The van der Waals surface area contributed by atoms with Crippen LogP contribution in [0.1, 0.15) is 48.9 Å². The minimum atomic E-state index is -2.89. The summed E-state index contributed by atoms with van der Waals surface area (Å²) in [5.41, 5.74) is -0.256. The molecule has 4 nitrogen and oxygen atoms in total. The lowest BCUT2D eigenvalue weighted by molar-refractivity contribution is 0.0675. The summed E-state index contributed by atoms with van der Waals surface area (Å²) in [5.74, 6) is -0.932. The minimum absolute atomic E-state index is 0.121. The van der Waals surface area contributed by atoms with Crippen molar-refractivity contribution in [2.75, 3.05) is 25.5 Å². The van der Waals surface area contributed by atoms with E-state index in [4.69, 9.17) is 0 Å². The normalized spacial score (nSPS) is 17.8. The quantitative estimate of drug-likeness (QED) is 0.520. The largest absolute Gasteiger partial charge is 0.377 e. The Bertz CT molecular complexity index is 1080. The van der Waals surface area contributed by atoms with Crippen molar-refractivity contribution in [3.8, 4) is 0 Å². The van der Waals surface area contributed by atoms with Gasteiger partial charge in [0.05, 0.1) is 29.0 Å². The molecule has 0 radical (unpaired) electrons. The summed E-state index contributed by atoms with van der Waals surface area (Å²) in [6.45, 7) is 3.02. The molecule has 0 unspecified atom stereocenters. The zero-order chi connectivity index (χ0) is 22.2. The number of rotatable bonds is 5. The fraction of sp³-hybridized carbons (Fsp3) is 0.391. The standard InChI is InChI=1S/C23H24F4N4/c1-14(16-4-3-5-17(21(16)24)22(25)26)29-20-13-28-30-19-7-6-15(12-18(19)20)23(27)8-10-31(2)11-9-23/h3-7,12-14,22H,8-11H2,1-2H3,(H,29,30)/t14-/m1/s1. The van der Waals surface area contributed by atoms with E-state index in [9.17, 15) is 13.2 Å². The summed E-state index contributed by atoms with van der Waals surface area (Å²) in [6.07, 6.45) is -0.610. The molecule has 0 spiro atoms. The minimum Gasteiger partial charge on any atom is -0.377 e. The molecule has 1 fully saturated rings. The number of benzene rings is 2. The maximum Gasteiger partial charge on any atom is 0.266 e. The maximum absolute atomic E-state index is 15.6. The Hall–Kier alpha value is -2.74. The van der Waals surface area contributed by atoms with Crippen LogP contribution >= 0.6 is 0 Å². The first-order valence-corrected chi connectivity index (χ1v) is 10.2. The lowest BCUT2D eigenvalue weighted by Gasteiger charge is -2.35. The molecule has 3 aromatic rings. The van der Waals surface area contributed by atoms with Crippen LogP contribution in [0.25, 0.3) is 10.9 Å². The molecule has 0 bridgehead atoms. The number of halogens is 4. The predicted molar refractivity (Wildman–Crippen MR) is 112 cm³/mol. The van der Waals surface area contributed by atoms with Crippen LogP contribution < -0.4 is 5.32 Å². The van der Waals surface area contributed by atoms with E-state index in [1.165, 1.54) is 18.3 Å². The Labute approximate surface area is 178 Å². The van der Waals surface area contributed by atoms with Gasteiger partial charge in [-0.25, -0.2) is 17.6 Å². The summed E-state index contributed by atoms with van der Waals surface area (Å²) in [6, 6.07) is 8.57. The van der Waals surface area contributed by atoms with Crippen molar-refractivity contribution in [3.05, 3.63) is 65.1 Å². The molecule has 0 aliphatic carbocycles. The van der Waals surface area contributed by atoms with Crippen molar-refractivity contribution in [2.24, 2.45) is 0 Å². The summed E-state index contributed by atoms with van der Waals surface area (Å²) in [7, 11) is 1.97. The molecule has 1 atom stereocenters. The van der Waals surface area contributed by atoms with E-state index in [1.807, 2.05) is 7.05 Å². The van der Waals surface area contributed by atoms with Gasteiger partial charge in [-0.15, -0.1) is 0 Å². The Morgan fingerprint density at radius 3 is 2.52 bits per heavy atom. The smallest absolute Gasteiger partial charge is 0.266 e. The van der Waals surface area contributed by atoms with Gasteiger partial charge in [-0.2, -0.15) is 10.2 Å². The zero-order valence-corrected chi connectivity index (χ0v) is 17.4. The van der Waals surface area contributed by atoms with Gasteiger partial charge in [-0.05, 0) is 44.5 Å². The average molecular weight is 432 g/mol. The van der Waals surface area contributed by atoms with Gasteiger partial charge >= 0.3 is 0 Å². The second-order valence-corrected chi connectivity index (χ2v) is 8.18. The highest BCUT2D eigenvalue weighted by atomic mass is 19.3. The van der Waals surface area contributed by atoms with Crippen LogP contribution in [0.15, 0.2) is 42.6 Å². The molecule has 31 heavy (non-hydrogen) atoms. The number of nitrogens with one attached hydrogen (secondary N) is 1. The molecule has 2 aromatic carbocycles. The predicted octanol–water partition coefficient (Wildman–Crippen LogP) is 5.77. The third-order valence-electron chi connectivity index (χ3n) is 6.07. The van der Waals surface area contributed by atoms with Crippen molar-refractivity contribution in [1.29, 1.82) is 0 Å². The molecule has 1 aliphatic rings. The number of hydrogen-bond donors (Lipinski definition) is 1. The fourth-order valence-electron chi connectivity index (χ4n) is 4.10. The monoisotopic (exact) mass is 432 g/mol. The van der Waals surface area contributed by atoms with Crippen molar-refractivity contribution >= 4 is 16.6 Å². The Balaban J connectivity index is 1.68. The molecule has 8 heteroatoms. The second-order valence-electron chi connectivity index (χ2n) is 8.18. The molecule has 0 saturated carbocycles. The first-order valence-electron chi connectivity index (χ1n) is 10.2. The van der Waals surface area contributed by atoms with Crippen molar-refractivity contribution in [2.45, 2.75) is 37.9 Å². The molecule has 1 aromatic heterocycles. The Kier molecular flexibility index (Phi) is 5.83. The van der Waals surface area contributed by atoms with Gasteiger partial charge in [0.1, 0.15) is 11.5 Å². The Morgan fingerprint density at radius 2 is 1.81 bits per heavy atom. The van der Waals surface area contributed by atoms with Crippen LogP contribution in [0.5, 0.6) is 0 Å². The summed E-state index contributed by atoms with van der Waals surface area (Å²) in [4.78, 5) is 2.10. The van der Waals surface area contributed by atoms with Crippen LogP contribution in [-0.2, 0) is 5.67 Å². The number of likely N-dealkylation sites (tertiary alicyclic amines) is 1. The molecule has 4 rings (SSSR count). The van der Waals surface area contributed by atoms with Gasteiger partial charge in [0.15, 0.2) is 0 Å². The second kappa shape index (κ2) is 8.42. The van der Waals surface area contributed by atoms with Crippen molar-refractivity contribution in [1.82, 2.24) is 15.1 Å². The SMILES string of the molecule is C[C@@H](Nc1cnnc2ccc(C3(F)CCN(C)CC3)cc12)c1cccc(C(F)F)c1F. The van der Waals surface area contributed by atoms with E-state index in [1.54, 1.807) is 25.1 Å². The highest BCUT2D eigenvalue weighted by molar-refractivity contribution is 5.91. The molecule has 2 heterocycles. The lowest BCUT2D eigenvalue weighted by Crippen LogP contribution is -2.37. The van der Waals surface area contributed by atoms with Crippen molar-refractivity contribution < 1.29 is 17.6 Å². The zero-order valence-electron chi connectivity index (χ0n) is 17.4. The molecule has 164 valence electrons. The highest BCUT2D eigenvalue weighted by Crippen LogP contribution is 2.39. The van der Waals surface area contributed by atoms with Gasteiger partial charge in [0.25, 0.3) is 6.43 Å². The van der Waals surface area contributed by atoms with Crippen LogP contribution in [0, 0.1) is 5.82 Å². The van der Waals surface area contributed by atoms with Gasteiger partial charge < -0.3 is 10.2 Å². The summed E-state index contributed by atoms with van der Waals surface area (Å²) >= 11 is 0. The van der Waals surface area contributed by atoms with E-state index in [0.29, 0.717) is 48.1 Å². The number of piperidine rings is 1. The van der Waals surface area contributed by atoms with E-state index in [-0.39, 0.29) is 5.56 Å². The fourth-order valence-corrected chi connectivity index (χ4v) is 4.10. The first kappa shape index (κ1) is 21.5. The third kappa shape index (κ3) is 4.21. The molecular weight excluding hydrogens is 408 g/mol. The molecule has 0 amide bonds. The summed E-state index contributed by atoms with van der Waals surface area (Å²) in [5, 5.41) is 11.9. The first-order chi connectivity index (χ1) is 14.8. The molecular formula is C23H24F4N4. The molecule has 1 aliphatic heterocycles. The average Bonchev–Trinajstić information content (AvgIpc) is 2.75. The number of fused-ring (bicyclic) bond motifs is 1. The third-order valence-corrected chi connectivity index (χ3v) is 6.07. The van der Waals surface area contributed by atoms with E-state index >= 15 is 4.39 Å². The number of aromatic nitrogens is 2. The van der Waals surface area contributed by atoms with Crippen LogP contribution in [0.2, 0.25) is 0 Å². The van der Waals surface area contributed by atoms with Crippen LogP contribution in [0.3, 0.4) is 0 Å². The van der Waals surface area contributed by atoms with Crippen LogP contribution in [0.4, 0.5) is 23.2 Å². The van der Waals surface area contributed by atoms with Gasteiger partial charge in [0.2, 0.25) is 0 Å². The number of nitrogens with zero attached hydrogens (tertiary/aromatic N) is 3. The number of hydrogen-bond acceptors (Lipinski definition) is 4. The van der Waals surface area contributed by atoms with Gasteiger partial charge in [-0.3, -0.25) is 0 Å². The van der Waals surface area contributed by atoms with E-state index in [2.05, 4.69) is 20.4 Å². The van der Waals surface area contributed by atoms with Crippen LogP contribution in [-0.4, -0.2) is 35.2 Å². The van der Waals surface area contributed by atoms with E-state index < -0.39 is 29.5 Å². The number of alkyl halides is 3. The maximum atomic E-state index is 15.6. The number of anilines is 1. The lowest BCUT2D eigenvalue weighted by atomic mass is 9.85.